The first-order chi connectivity index (χ1) is 58.3. The second-order valence-electron chi connectivity index (χ2n) is 28.5. The molecule has 0 bridgehead atoms. The monoisotopic (exact) mass is 1770 g/mol. The van der Waals surface area contributed by atoms with Crippen LogP contribution in [0.3, 0.4) is 0 Å². The average Bonchev–Trinajstić information content (AvgIpc) is 1.90. The molecule has 6 N–H and O–H groups in total. The number of rotatable bonds is 21. The number of aryl methyl sites for hydroxylation is 1. The lowest BCUT2D eigenvalue weighted by atomic mass is 9.80. The van der Waals surface area contributed by atoms with Crippen molar-refractivity contribution in [2.24, 2.45) is 10.8 Å². The van der Waals surface area contributed by atoms with Gasteiger partial charge in [0.25, 0.3) is 0 Å². The second kappa shape index (κ2) is 43.9. The number of carbonyl (C=O) groups excluding carboxylic acids is 5. The van der Waals surface area contributed by atoms with Crippen molar-refractivity contribution in [3.05, 3.63) is 283 Å². The zero-order valence-corrected chi connectivity index (χ0v) is 69.7. The van der Waals surface area contributed by atoms with E-state index in [1.54, 1.807) is 133 Å². The highest BCUT2D eigenvalue weighted by molar-refractivity contribution is 14.1. The lowest BCUT2D eigenvalue weighted by Gasteiger charge is -2.14. The van der Waals surface area contributed by atoms with E-state index < -0.39 is 49.2 Å². The third kappa shape index (κ3) is 24.0. The molecule has 30 heteroatoms. The number of cyclic esters (lactones) is 5. The Kier molecular flexibility index (Phi) is 33.2. The standard InChI is InChI=1S/C19H20FNO2.C18H17FN4O2.C18H19FN2O2.C18H18FNO3.C11H11FINO2.C7H9BO3/c1-3-13-5-7-14(8-6-13)17-10-9-15(11-18(17)20)21-12-16(4-2)23-19(21)22;1-2-15-11-23(18(24)25-15)14-7-8-16(17(19)9-14)13-5-3-12(4-6-13)10-21-22-20;1-2-15-11-21(18(22)23-15)14-7-8-16(17(19)9-14)13-5-3-12(10-20)4-6-13;1-2-15-10-20(18(22)23-15)14-7-8-16(17(19)9-14)13-5-3-12(11-21)4-6-13;1-2-8-6-14(11(15)16-8)7-3-4-10(13)9(12)5-7;9-5-6-1-3-7(4-2-6)8(10)11/h5-11,16H,3-4,12H2,1-2H3;3-9,15H,2,10-11H2,1H3;3-9,15H,2,10-11,20H2,1H3;3-9,15,21H,2,10-11H2,1H3;3-5,8H,2,6H2,1H3;1-4,9-11H,5H2/t16-;3*15-;8-;/m00000./s1. The summed E-state index contributed by atoms with van der Waals surface area (Å²) in [6.45, 7) is 14.8. The Morgan fingerprint density at radius 2 is 0.645 bits per heavy atom. The predicted octanol–water partition coefficient (Wildman–Crippen LogP) is 19.3. The third-order valence-electron chi connectivity index (χ3n) is 20.6. The van der Waals surface area contributed by atoms with Crippen LogP contribution in [-0.4, -0.2) is 121 Å². The molecule has 0 radical (unpaired) electrons. The minimum absolute atomic E-state index is 0.0260. The summed E-state index contributed by atoms with van der Waals surface area (Å²) in [6.07, 6.45) is 1.96. The highest BCUT2D eigenvalue weighted by Crippen LogP contribution is 2.36. The van der Waals surface area contributed by atoms with Crippen LogP contribution in [0.2, 0.25) is 0 Å². The van der Waals surface area contributed by atoms with Crippen LogP contribution in [0.25, 0.3) is 55.0 Å². The fourth-order valence-electron chi connectivity index (χ4n) is 13.2. The first-order valence-electron chi connectivity index (χ1n) is 39.6. The molecule has 0 spiro atoms. The maximum atomic E-state index is 14.6. The molecule has 121 heavy (non-hydrogen) atoms. The number of nitrogens with two attached hydrogens (primary N) is 1. The van der Waals surface area contributed by atoms with Gasteiger partial charge in [0.15, 0.2) is 0 Å². The van der Waals surface area contributed by atoms with Crippen molar-refractivity contribution in [3.8, 4) is 44.5 Å². The summed E-state index contributed by atoms with van der Waals surface area (Å²) in [6, 6.07) is 59.8. The summed E-state index contributed by atoms with van der Waals surface area (Å²) in [4.78, 5) is 69.0. The van der Waals surface area contributed by atoms with Gasteiger partial charge in [-0.1, -0.05) is 168 Å². The molecular formula is C91H94BF5IN9O14. The Morgan fingerprint density at radius 3 is 0.876 bits per heavy atom. The molecule has 5 amide bonds. The first kappa shape index (κ1) is 91.4. The molecule has 5 aliphatic rings. The Bertz CT molecular complexity index is 4960. The summed E-state index contributed by atoms with van der Waals surface area (Å²) >= 11 is 1.91. The smallest absolute Gasteiger partial charge is 0.444 e. The molecule has 632 valence electrons. The maximum absolute atomic E-state index is 14.6. The predicted molar refractivity (Wildman–Crippen MR) is 464 cm³/mol. The second-order valence-corrected chi connectivity index (χ2v) is 29.7. The Balaban J connectivity index is 0.000000155. The minimum atomic E-state index is -1.43. The quantitative estimate of drug-likeness (QED) is 0.00849. The minimum Gasteiger partial charge on any atom is -0.444 e. The normalized spacial score (nSPS) is 16.9. The number of benzene rings is 10. The van der Waals surface area contributed by atoms with E-state index in [2.05, 4.69) is 16.9 Å². The van der Waals surface area contributed by atoms with Gasteiger partial charge in [0, 0.05) is 37.3 Å². The first-order valence-corrected chi connectivity index (χ1v) is 40.7. The fourth-order valence-corrected chi connectivity index (χ4v) is 13.6. The van der Waals surface area contributed by atoms with E-state index in [-0.39, 0.29) is 67.7 Å². The molecule has 0 unspecified atom stereocenters. The molecule has 5 aliphatic heterocycles. The summed E-state index contributed by atoms with van der Waals surface area (Å²) in [5, 5.41) is 38.6. The highest BCUT2D eigenvalue weighted by Gasteiger charge is 2.36. The number of anilines is 5. The van der Waals surface area contributed by atoms with E-state index >= 15 is 0 Å². The number of azide groups is 1. The van der Waals surface area contributed by atoms with Gasteiger partial charge in [-0.2, -0.15) is 0 Å². The maximum Gasteiger partial charge on any atom is 0.488 e. The fraction of sp³-hybridized carbons (Fsp3) is 0.286. The number of ether oxygens (including phenoxy) is 5. The van der Waals surface area contributed by atoms with Gasteiger partial charge in [-0.15, -0.1) is 0 Å². The van der Waals surface area contributed by atoms with Gasteiger partial charge in [-0.05, 0) is 213 Å². The molecule has 23 nitrogen and oxygen atoms in total. The molecule has 5 fully saturated rings. The van der Waals surface area contributed by atoms with Crippen LogP contribution in [0.5, 0.6) is 0 Å². The molecule has 10 aromatic carbocycles. The molecule has 0 aromatic heterocycles. The number of nitrogens with zero attached hydrogens (tertiary/aromatic N) is 8. The summed E-state index contributed by atoms with van der Waals surface area (Å²) in [5.74, 6) is -1.82. The Labute approximate surface area is 712 Å². The number of hydrogen-bond acceptors (Lipinski definition) is 16. The van der Waals surface area contributed by atoms with Crippen LogP contribution < -0.4 is 35.7 Å². The number of aliphatic hydroxyl groups excluding tert-OH is 2. The van der Waals surface area contributed by atoms with Crippen molar-refractivity contribution >= 4 is 94.1 Å². The van der Waals surface area contributed by atoms with E-state index in [1.165, 1.54) is 60.4 Å². The van der Waals surface area contributed by atoms with Gasteiger partial charge < -0.3 is 49.7 Å². The van der Waals surface area contributed by atoms with Gasteiger partial charge in [0.2, 0.25) is 0 Å². The lowest BCUT2D eigenvalue weighted by Crippen LogP contribution is -2.29. The van der Waals surface area contributed by atoms with Gasteiger partial charge in [0.05, 0.1) is 80.9 Å². The van der Waals surface area contributed by atoms with Crippen molar-refractivity contribution < 1.29 is 89.9 Å². The van der Waals surface area contributed by atoms with E-state index in [1.807, 2.05) is 106 Å². The van der Waals surface area contributed by atoms with E-state index in [4.69, 9.17) is 55.2 Å². The molecule has 0 saturated carbocycles. The van der Waals surface area contributed by atoms with Crippen LogP contribution in [0.4, 0.5) is 74.4 Å². The average molecular weight is 1770 g/mol. The van der Waals surface area contributed by atoms with Gasteiger partial charge in [-0.25, -0.2) is 45.9 Å². The molecule has 0 aliphatic carbocycles. The lowest BCUT2D eigenvalue weighted by molar-refractivity contribution is 0.138. The zero-order chi connectivity index (χ0) is 87.0. The number of carbonyl (C=O) groups is 5. The van der Waals surface area contributed by atoms with Crippen LogP contribution >= 0.6 is 22.6 Å². The van der Waals surface area contributed by atoms with Crippen LogP contribution in [-0.2, 0) is 56.4 Å². The van der Waals surface area contributed by atoms with Gasteiger partial charge in [-0.3, -0.25) is 24.5 Å². The van der Waals surface area contributed by atoms with E-state index in [0.29, 0.717) is 105 Å². The Morgan fingerprint density at radius 1 is 0.388 bits per heavy atom. The van der Waals surface area contributed by atoms with Crippen molar-refractivity contribution in [1.82, 2.24) is 0 Å². The van der Waals surface area contributed by atoms with Gasteiger partial charge in [0.1, 0.15) is 59.6 Å². The Hall–Kier alpha value is -11.9. The van der Waals surface area contributed by atoms with Crippen molar-refractivity contribution in [2.45, 2.75) is 137 Å². The van der Waals surface area contributed by atoms with E-state index in [0.717, 1.165) is 77.5 Å². The number of hydrogen-bond donors (Lipinski definition) is 5. The SMILES string of the molecule is CC[C@H]1CN(c2ccc(-c3ccc(CN)cc3)c(F)c2)C(=O)O1.CC[C@H]1CN(c2ccc(-c3ccc(CN=[N+]=[N-])cc3)c(F)c2)C(=O)O1.CC[C@H]1CN(c2ccc(-c3ccc(CO)cc3)c(F)c2)C(=O)O1.CC[C@H]1CN(c2ccc(I)c(F)c2)C(=O)O1.CCc1ccc(-c2ccc(N3C[C@H](CC)OC3=O)cc2F)cc1.OCc1ccc(B(O)O)cc1. The number of aliphatic hydroxyl groups is 2. The molecule has 15 rings (SSSR count). The molecule has 5 heterocycles. The van der Waals surface area contributed by atoms with Gasteiger partial charge >= 0.3 is 37.6 Å². The molecule has 5 atom stereocenters. The van der Waals surface area contributed by atoms with Crippen LogP contribution in [0.1, 0.15) is 101 Å². The van der Waals surface area contributed by atoms with Crippen molar-refractivity contribution in [1.29, 1.82) is 0 Å². The zero-order valence-electron chi connectivity index (χ0n) is 67.6. The number of halogens is 6. The van der Waals surface area contributed by atoms with Crippen LogP contribution in [0.15, 0.2) is 217 Å². The van der Waals surface area contributed by atoms with Crippen molar-refractivity contribution in [3.63, 3.8) is 0 Å². The summed E-state index contributed by atoms with van der Waals surface area (Å²) in [7, 11) is -1.43. The summed E-state index contributed by atoms with van der Waals surface area (Å²) < 4.78 is 97.8. The molecule has 10 aromatic rings. The number of amides is 5. The van der Waals surface area contributed by atoms with Crippen molar-refractivity contribution in [2.75, 3.05) is 57.2 Å². The van der Waals surface area contributed by atoms with Crippen LogP contribution in [0, 0.1) is 32.7 Å². The van der Waals surface area contributed by atoms with E-state index in [9.17, 15) is 45.9 Å². The third-order valence-corrected chi connectivity index (χ3v) is 21.5. The highest BCUT2D eigenvalue weighted by atomic mass is 127. The largest absolute Gasteiger partial charge is 0.488 e. The summed E-state index contributed by atoms with van der Waals surface area (Å²) in [5.41, 5.74) is 26.5. The molecular weight excluding hydrogens is 1680 g/mol. The topological polar surface area (TPSA) is 303 Å². The molecule has 5 saturated heterocycles.